The first-order valence-corrected chi connectivity index (χ1v) is 8.21. The first-order chi connectivity index (χ1) is 13.0. The number of halogens is 1. The Kier molecular flexibility index (Phi) is 5.33. The van der Waals surface area contributed by atoms with Crippen LogP contribution in [-0.4, -0.2) is 34.7 Å². The van der Waals surface area contributed by atoms with Gasteiger partial charge in [0, 0.05) is 16.1 Å². The number of aromatic amines is 1. The standard InChI is InChI=1S/C19H14ClN3O4/c1-27-19(26)16-15(21-10-22-16)18(25)23-14-8-7-12(20)9-13(14)17(24)11-5-3-2-4-6-11/h2-10H,1H3,(H,21,22)(H,23,25). The number of carbonyl (C=O) groups excluding carboxylic acids is 3. The van der Waals surface area contributed by atoms with Crippen molar-refractivity contribution in [3.8, 4) is 0 Å². The fraction of sp³-hybridized carbons (Fsp3) is 0.0526. The van der Waals surface area contributed by atoms with Crippen LogP contribution in [0.15, 0.2) is 54.9 Å². The number of imidazole rings is 1. The number of hydrogen-bond acceptors (Lipinski definition) is 5. The number of esters is 1. The molecule has 1 aromatic heterocycles. The third-order valence-corrected chi connectivity index (χ3v) is 3.99. The highest BCUT2D eigenvalue weighted by Gasteiger charge is 2.23. The van der Waals surface area contributed by atoms with Gasteiger partial charge in [0.15, 0.2) is 17.2 Å². The van der Waals surface area contributed by atoms with E-state index >= 15 is 0 Å². The van der Waals surface area contributed by atoms with Crippen molar-refractivity contribution < 1.29 is 19.1 Å². The average Bonchev–Trinajstić information content (AvgIpc) is 3.19. The lowest BCUT2D eigenvalue weighted by atomic mass is 10.0. The summed E-state index contributed by atoms with van der Waals surface area (Å²) in [5, 5.41) is 2.95. The smallest absolute Gasteiger partial charge is 0.356 e. The van der Waals surface area contributed by atoms with Crippen LogP contribution in [0.25, 0.3) is 0 Å². The van der Waals surface area contributed by atoms with E-state index in [2.05, 4.69) is 20.0 Å². The van der Waals surface area contributed by atoms with Gasteiger partial charge in [-0.1, -0.05) is 41.9 Å². The summed E-state index contributed by atoms with van der Waals surface area (Å²) in [6, 6.07) is 13.1. The molecule has 7 nitrogen and oxygen atoms in total. The van der Waals surface area contributed by atoms with E-state index in [4.69, 9.17) is 11.6 Å². The second-order valence-corrected chi connectivity index (χ2v) is 5.89. The van der Waals surface area contributed by atoms with Crippen LogP contribution < -0.4 is 5.32 Å². The van der Waals surface area contributed by atoms with E-state index in [0.29, 0.717) is 10.6 Å². The Morgan fingerprint density at radius 3 is 2.56 bits per heavy atom. The maximum Gasteiger partial charge on any atom is 0.356 e. The van der Waals surface area contributed by atoms with Crippen LogP contribution in [0.4, 0.5) is 5.69 Å². The number of amides is 1. The molecule has 1 heterocycles. The summed E-state index contributed by atoms with van der Waals surface area (Å²) in [4.78, 5) is 43.5. The first-order valence-electron chi connectivity index (χ1n) is 7.83. The van der Waals surface area contributed by atoms with Gasteiger partial charge in [-0.3, -0.25) is 9.59 Å². The molecule has 27 heavy (non-hydrogen) atoms. The number of rotatable bonds is 5. The zero-order valence-electron chi connectivity index (χ0n) is 14.2. The van der Waals surface area contributed by atoms with Gasteiger partial charge >= 0.3 is 5.97 Å². The number of nitrogens with zero attached hydrogens (tertiary/aromatic N) is 1. The molecular weight excluding hydrogens is 370 g/mol. The summed E-state index contributed by atoms with van der Waals surface area (Å²) in [6.07, 6.45) is 1.21. The van der Waals surface area contributed by atoms with Crippen LogP contribution in [0.2, 0.25) is 5.02 Å². The number of hydrogen-bond donors (Lipinski definition) is 2. The minimum atomic E-state index is -0.727. The van der Waals surface area contributed by atoms with Gasteiger partial charge in [0.1, 0.15) is 0 Å². The largest absolute Gasteiger partial charge is 0.464 e. The molecule has 8 heteroatoms. The van der Waals surface area contributed by atoms with Crippen LogP contribution in [0, 0.1) is 0 Å². The summed E-state index contributed by atoms with van der Waals surface area (Å²) in [5.41, 5.74) is 0.689. The maximum atomic E-state index is 12.8. The summed E-state index contributed by atoms with van der Waals surface area (Å²) >= 11 is 6.03. The molecular formula is C19H14ClN3O4. The van der Waals surface area contributed by atoms with Gasteiger partial charge < -0.3 is 15.0 Å². The number of nitrogens with one attached hydrogen (secondary N) is 2. The minimum Gasteiger partial charge on any atom is -0.464 e. The molecule has 0 aliphatic heterocycles. The monoisotopic (exact) mass is 383 g/mol. The number of carbonyl (C=O) groups is 3. The second-order valence-electron chi connectivity index (χ2n) is 5.46. The van der Waals surface area contributed by atoms with E-state index in [-0.39, 0.29) is 28.4 Å². The third kappa shape index (κ3) is 3.88. The second kappa shape index (κ2) is 7.84. The SMILES string of the molecule is COC(=O)c1[nH]cnc1C(=O)Nc1ccc(Cl)cc1C(=O)c1ccccc1. The molecule has 0 fully saturated rings. The average molecular weight is 384 g/mol. The molecule has 0 saturated heterocycles. The van der Waals surface area contributed by atoms with Crippen molar-refractivity contribution in [1.82, 2.24) is 9.97 Å². The Hall–Kier alpha value is -3.45. The number of benzene rings is 2. The summed E-state index contributed by atoms with van der Waals surface area (Å²) in [5.74, 6) is -1.70. The normalized spacial score (nSPS) is 10.3. The predicted octanol–water partition coefficient (Wildman–Crippen LogP) is 3.33. The molecule has 0 saturated carbocycles. The molecule has 2 aromatic carbocycles. The van der Waals surface area contributed by atoms with E-state index in [1.807, 2.05) is 0 Å². The van der Waals surface area contributed by atoms with Crippen molar-refractivity contribution >= 4 is 34.9 Å². The highest BCUT2D eigenvalue weighted by Crippen LogP contribution is 2.24. The Morgan fingerprint density at radius 1 is 1.11 bits per heavy atom. The molecule has 0 aliphatic rings. The molecule has 3 rings (SSSR count). The summed E-state index contributed by atoms with van der Waals surface area (Å²) < 4.78 is 4.61. The number of methoxy groups -OCH3 is 1. The summed E-state index contributed by atoms with van der Waals surface area (Å²) in [7, 11) is 1.20. The molecule has 1 amide bonds. The molecule has 3 aromatic rings. The van der Waals surface area contributed by atoms with Gasteiger partial charge in [-0.25, -0.2) is 9.78 Å². The van der Waals surface area contributed by atoms with Crippen LogP contribution in [0.1, 0.15) is 36.9 Å². The van der Waals surface area contributed by atoms with Crippen molar-refractivity contribution in [2.24, 2.45) is 0 Å². The van der Waals surface area contributed by atoms with E-state index in [1.54, 1.807) is 36.4 Å². The van der Waals surface area contributed by atoms with Crippen LogP contribution in [-0.2, 0) is 4.74 Å². The van der Waals surface area contributed by atoms with E-state index < -0.39 is 11.9 Å². The molecule has 136 valence electrons. The molecule has 0 atom stereocenters. The van der Waals surface area contributed by atoms with Gasteiger partial charge in [-0.05, 0) is 18.2 Å². The van der Waals surface area contributed by atoms with Crippen LogP contribution in [0.3, 0.4) is 0 Å². The molecule has 0 spiro atoms. The highest BCUT2D eigenvalue weighted by atomic mass is 35.5. The molecule has 0 bridgehead atoms. The van der Waals surface area contributed by atoms with Crippen LogP contribution in [0.5, 0.6) is 0 Å². The highest BCUT2D eigenvalue weighted by molar-refractivity contribution is 6.31. The first kappa shape index (κ1) is 18.3. The summed E-state index contributed by atoms with van der Waals surface area (Å²) in [6.45, 7) is 0. The van der Waals surface area contributed by atoms with Crippen molar-refractivity contribution in [1.29, 1.82) is 0 Å². The third-order valence-electron chi connectivity index (χ3n) is 3.75. The minimum absolute atomic E-state index is 0.0834. The van der Waals surface area contributed by atoms with Crippen LogP contribution >= 0.6 is 11.6 Å². The lowest BCUT2D eigenvalue weighted by Crippen LogP contribution is -2.19. The molecule has 0 unspecified atom stereocenters. The molecule has 0 radical (unpaired) electrons. The number of anilines is 1. The Labute approximate surface area is 159 Å². The van der Waals surface area contributed by atoms with Gasteiger partial charge in [0.2, 0.25) is 0 Å². The Bertz CT molecular complexity index is 1010. The van der Waals surface area contributed by atoms with Crippen molar-refractivity contribution in [2.75, 3.05) is 12.4 Å². The number of ether oxygens (including phenoxy) is 1. The maximum absolute atomic E-state index is 12.8. The quantitative estimate of drug-likeness (QED) is 0.519. The Morgan fingerprint density at radius 2 is 1.85 bits per heavy atom. The zero-order valence-corrected chi connectivity index (χ0v) is 14.9. The Balaban J connectivity index is 1.94. The number of H-pyrrole nitrogens is 1. The van der Waals surface area contributed by atoms with Gasteiger partial charge in [-0.15, -0.1) is 0 Å². The lowest BCUT2D eigenvalue weighted by Gasteiger charge is -2.11. The number of aromatic nitrogens is 2. The van der Waals surface area contributed by atoms with E-state index in [9.17, 15) is 14.4 Å². The molecule has 0 aliphatic carbocycles. The van der Waals surface area contributed by atoms with Crippen molar-refractivity contribution in [3.63, 3.8) is 0 Å². The topological polar surface area (TPSA) is 101 Å². The fourth-order valence-corrected chi connectivity index (χ4v) is 2.64. The fourth-order valence-electron chi connectivity index (χ4n) is 2.46. The van der Waals surface area contributed by atoms with Gasteiger partial charge in [0.25, 0.3) is 5.91 Å². The van der Waals surface area contributed by atoms with E-state index in [0.717, 1.165) is 0 Å². The lowest BCUT2D eigenvalue weighted by molar-refractivity contribution is 0.0591. The van der Waals surface area contributed by atoms with Gasteiger partial charge in [0.05, 0.1) is 19.1 Å². The number of ketones is 1. The van der Waals surface area contributed by atoms with E-state index in [1.165, 1.54) is 25.6 Å². The zero-order chi connectivity index (χ0) is 19.4. The predicted molar refractivity (Wildman–Crippen MR) is 99.2 cm³/mol. The van der Waals surface area contributed by atoms with Crippen molar-refractivity contribution in [3.05, 3.63) is 82.4 Å². The van der Waals surface area contributed by atoms with Crippen molar-refractivity contribution in [2.45, 2.75) is 0 Å². The van der Waals surface area contributed by atoms with Gasteiger partial charge in [-0.2, -0.15) is 0 Å². The molecule has 2 N–H and O–H groups in total.